The fourth-order valence-corrected chi connectivity index (χ4v) is 3.20. The summed E-state index contributed by atoms with van der Waals surface area (Å²) < 4.78 is 27.1. The number of carbonyl (C=O) groups excluding carboxylic acids is 1. The number of nitrogens with one attached hydrogen (secondary N) is 2. The van der Waals surface area contributed by atoms with Crippen molar-refractivity contribution in [1.29, 1.82) is 0 Å². The van der Waals surface area contributed by atoms with E-state index < -0.39 is 21.8 Å². The Kier molecular flexibility index (Phi) is 5.36. The first kappa shape index (κ1) is 17.0. The van der Waals surface area contributed by atoms with E-state index in [1.54, 1.807) is 54.9 Å². The Labute approximate surface area is 135 Å². The number of anilines is 1. The van der Waals surface area contributed by atoms with Crippen LogP contribution >= 0.6 is 0 Å². The minimum absolute atomic E-state index is 0.179. The molecule has 0 fully saturated rings. The van der Waals surface area contributed by atoms with Crippen molar-refractivity contribution in [3.8, 4) is 0 Å². The molecule has 0 saturated carbocycles. The quantitative estimate of drug-likeness (QED) is 0.557. The predicted octanol–water partition coefficient (Wildman–Crippen LogP) is 2.17. The Balaban J connectivity index is 2.16. The van der Waals surface area contributed by atoms with E-state index in [-0.39, 0.29) is 4.90 Å². The molecule has 1 atom stereocenters. The van der Waals surface area contributed by atoms with Gasteiger partial charge in [0.2, 0.25) is 5.91 Å². The van der Waals surface area contributed by atoms with Crippen LogP contribution in [-0.2, 0) is 21.2 Å². The van der Waals surface area contributed by atoms with Crippen molar-refractivity contribution in [2.75, 3.05) is 4.72 Å². The smallest absolute Gasteiger partial charge is 0.261 e. The summed E-state index contributed by atoms with van der Waals surface area (Å²) in [6, 6.07) is 14.9. The minimum Gasteiger partial charge on any atom is -0.289 e. The maximum atomic E-state index is 12.3. The monoisotopic (exact) mass is 334 g/mol. The van der Waals surface area contributed by atoms with Gasteiger partial charge in [0.25, 0.3) is 10.0 Å². The standard InChI is InChI=1S/C16H18N2O4S/c1-12(16(19)17-20)10-13-6-5-7-14(11-13)18-23(21,22)15-8-3-2-4-9-15/h2-9,11-12,18,20H,10H2,1H3,(H,17,19). The number of rotatable bonds is 6. The summed E-state index contributed by atoms with van der Waals surface area (Å²) in [4.78, 5) is 11.5. The molecule has 0 bridgehead atoms. The molecular weight excluding hydrogens is 316 g/mol. The molecule has 3 N–H and O–H groups in total. The summed E-state index contributed by atoms with van der Waals surface area (Å²) in [5, 5.41) is 8.63. The average molecular weight is 334 g/mol. The van der Waals surface area contributed by atoms with Gasteiger partial charge in [-0.05, 0) is 36.2 Å². The Hall–Kier alpha value is -2.38. The van der Waals surface area contributed by atoms with Gasteiger partial charge in [0.15, 0.2) is 0 Å². The van der Waals surface area contributed by atoms with E-state index in [2.05, 4.69) is 4.72 Å². The summed E-state index contributed by atoms with van der Waals surface area (Å²) in [6.45, 7) is 1.67. The van der Waals surface area contributed by atoms with Crippen LogP contribution in [0.5, 0.6) is 0 Å². The van der Waals surface area contributed by atoms with Crippen molar-refractivity contribution in [3.05, 3.63) is 60.2 Å². The number of carbonyl (C=O) groups is 1. The number of hydrogen-bond donors (Lipinski definition) is 3. The fraction of sp³-hybridized carbons (Fsp3) is 0.188. The molecule has 0 aliphatic heterocycles. The van der Waals surface area contributed by atoms with Gasteiger partial charge in [-0.3, -0.25) is 14.7 Å². The molecule has 0 saturated heterocycles. The third kappa shape index (κ3) is 4.54. The second kappa shape index (κ2) is 7.26. The van der Waals surface area contributed by atoms with E-state index >= 15 is 0 Å². The van der Waals surface area contributed by atoms with Crippen molar-refractivity contribution in [2.45, 2.75) is 18.2 Å². The van der Waals surface area contributed by atoms with Gasteiger partial charge in [-0.2, -0.15) is 0 Å². The minimum atomic E-state index is -3.65. The lowest BCUT2D eigenvalue weighted by atomic mass is 10.0. The number of hydroxylamine groups is 1. The van der Waals surface area contributed by atoms with Crippen LogP contribution in [0.2, 0.25) is 0 Å². The first-order chi connectivity index (χ1) is 10.9. The first-order valence-corrected chi connectivity index (χ1v) is 8.51. The van der Waals surface area contributed by atoms with Crippen LogP contribution in [0.3, 0.4) is 0 Å². The van der Waals surface area contributed by atoms with Gasteiger partial charge in [-0.15, -0.1) is 0 Å². The molecule has 0 radical (unpaired) electrons. The first-order valence-electron chi connectivity index (χ1n) is 7.03. The zero-order valence-electron chi connectivity index (χ0n) is 12.6. The Morgan fingerprint density at radius 1 is 1.13 bits per heavy atom. The highest BCUT2D eigenvalue weighted by atomic mass is 32.2. The van der Waals surface area contributed by atoms with Crippen molar-refractivity contribution in [2.24, 2.45) is 5.92 Å². The van der Waals surface area contributed by atoms with Gasteiger partial charge < -0.3 is 0 Å². The lowest BCUT2D eigenvalue weighted by Crippen LogP contribution is -2.27. The molecule has 0 aliphatic rings. The molecule has 1 unspecified atom stereocenters. The highest BCUT2D eigenvalue weighted by molar-refractivity contribution is 7.92. The largest absolute Gasteiger partial charge is 0.289 e. The maximum absolute atomic E-state index is 12.3. The van der Waals surface area contributed by atoms with Gasteiger partial charge >= 0.3 is 0 Å². The maximum Gasteiger partial charge on any atom is 0.261 e. The van der Waals surface area contributed by atoms with Crippen LogP contribution in [0.1, 0.15) is 12.5 Å². The third-order valence-corrected chi connectivity index (χ3v) is 4.73. The molecule has 2 aromatic carbocycles. The van der Waals surface area contributed by atoms with Gasteiger partial charge in [0.05, 0.1) is 4.90 Å². The summed E-state index contributed by atoms with van der Waals surface area (Å²) in [6.07, 6.45) is 0.382. The van der Waals surface area contributed by atoms with E-state index in [0.717, 1.165) is 5.56 Å². The molecule has 0 aromatic heterocycles. The summed E-state index contributed by atoms with van der Waals surface area (Å²) in [5.41, 5.74) is 2.81. The molecular formula is C16H18N2O4S. The van der Waals surface area contributed by atoms with Crippen LogP contribution in [0, 0.1) is 5.92 Å². The molecule has 6 nitrogen and oxygen atoms in total. The molecule has 0 heterocycles. The molecule has 0 aliphatic carbocycles. The average Bonchev–Trinajstić information content (AvgIpc) is 2.54. The van der Waals surface area contributed by atoms with E-state index in [4.69, 9.17) is 5.21 Å². The molecule has 2 rings (SSSR count). The van der Waals surface area contributed by atoms with Gasteiger partial charge in [0, 0.05) is 11.6 Å². The van der Waals surface area contributed by atoms with Crippen LogP contribution in [0.25, 0.3) is 0 Å². The molecule has 0 spiro atoms. The summed E-state index contributed by atoms with van der Waals surface area (Å²) in [7, 11) is -3.65. The van der Waals surface area contributed by atoms with Crippen molar-refractivity contribution < 1.29 is 18.4 Å². The van der Waals surface area contributed by atoms with Crippen molar-refractivity contribution in [1.82, 2.24) is 5.48 Å². The van der Waals surface area contributed by atoms with E-state index in [9.17, 15) is 13.2 Å². The number of benzene rings is 2. The Bertz CT molecular complexity index is 776. The lowest BCUT2D eigenvalue weighted by molar-refractivity contribution is -0.132. The Morgan fingerprint density at radius 2 is 1.83 bits per heavy atom. The fourth-order valence-electron chi connectivity index (χ4n) is 2.13. The van der Waals surface area contributed by atoms with Crippen molar-refractivity contribution in [3.63, 3.8) is 0 Å². The van der Waals surface area contributed by atoms with E-state index in [1.165, 1.54) is 12.1 Å². The molecule has 2 aromatic rings. The summed E-state index contributed by atoms with van der Waals surface area (Å²) >= 11 is 0. The van der Waals surface area contributed by atoms with Crippen LogP contribution in [0.15, 0.2) is 59.5 Å². The second-order valence-corrected chi connectivity index (χ2v) is 6.88. The normalized spacial score (nSPS) is 12.4. The third-order valence-electron chi connectivity index (χ3n) is 3.33. The predicted molar refractivity (Wildman–Crippen MR) is 86.5 cm³/mol. The number of hydrogen-bond acceptors (Lipinski definition) is 4. The highest BCUT2D eigenvalue weighted by Gasteiger charge is 2.15. The van der Waals surface area contributed by atoms with Crippen molar-refractivity contribution >= 4 is 21.6 Å². The van der Waals surface area contributed by atoms with Gasteiger partial charge in [-0.1, -0.05) is 37.3 Å². The van der Waals surface area contributed by atoms with Crippen LogP contribution in [0.4, 0.5) is 5.69 Å². The van der Waals surface area contributed by atoms with Crippen LogP contribution < -0.4 is 10.2 Å². The van der Waals surface area contributed by atoms with Gasteiger partial charge in [-0.25, -0.2) is 13.9 Å². The number of amides is 1. The highest BCUT2D eigenvalue weighted by Crippen LogP contribution is 2.18. The van der Waals surface area contributed by atoms with E-state index in [1.807, 2.05) is 0 Å². The van der Waals surface area contributed by atoms with Crippen LogP contribution in [-0.4, -0.2) is 19.5 Å². The summed E-state index contributed by atoms with van der Waals surface area (Å²) in [5.74, 6) is -0.916. The molecule has 122 valence electrons. The zero-order chi connectivity index (χ0) is 16.9. The number of sulfonamides is 1. The van der Waals surface area contributed by atoms with E-state index in [0.29, 0.717) is 12.1 Å². The zero-order valence-corrected chi connectivity index (χ0v) is 13.4. The molecule has 23 heavy (non-hydrogen) atoms. The molecule has 7 heteroatoms. The second-order valence-electron chi connectivity index (χ2n) is 5.20. The molecule has 1 amide bonds. The Morgan fingerprint density at radius 3 is 2.48 bits per heavy atom. The topological polar surface area (TPSA) is 95.5 Å². The SMILES string of the molecule is CC(Cc1cccc(NS(=O)(=O)c2ccccc2)c1)C(=O)NO. The lowest BCUT2D eigenvalue weighted by Gasteiger charge is -2.12. The van der Waals surface area contributed by atoms with Gasteiger partial charge in [0.1, 0.15) is 0 Å².